The van der Waals surface area contributed by atoms with Crippen LogP contribution < -0.4 is 16.0 Å². The molecular weight excluding hydrogens is 396 g/mol. The Bertz CT molecular complexity index is 1010. The summed E-state index contributed by atoms with van der Waals surface area (Å²) in [7, 11) is 0. The Hall–Kier alpha value is -2.89. The number of morpholine rings is 1. The van der Waals surface area contributed by atoms with Gasteiger partial charge in [0.2, 0.25) is 11.9 Å². The molecule has 2 aliphatic rings. The van der Waals surface area contributed by atoms with Crippen LogP contribution in [0.2, 0.25) is 0 Å². The van der Waals surface area contributed by atoms with Crippen LogP contribution in [0.5, 0.6) is 0 Å². The summed E-state index contributed by atoms with van der Waals surface area (Å²) >= 11 is 0. The highest BCUT2D eigenvalue weighted by Gasteiger charge is 2.20. The number of nitrogens with one attached hydrogen (secondary N) is 1. The van der Waals surface area contributed by atoms with Gasteiger partial charge in [-0.2, -0.15) is 4.98 Å². The number of rotatable bonds is 6. The lowest BCUT2D eigenvalue weighted by atomic mass is 10.2. The van der Waals surface area contributed by atoms with Crippen molar-refractivity contribution in [2.75, 3.05) is 69.7 Å². The largest absolute Gasteiger partial charge is 0.378 e. The molecule has 0 saturated carbocycles. The number of nitrogen functional groups attached to an aromatic ring is 1. The first-order valence-corrected chi connectivity index (χ1v) is 10.8. The molecule has 0 atom stereocenters. The lowest BCUT2D eigenvalue weighted by Gasteiger charge is -2.27. The molecule has 31 heavy (non-hydrogen) atoms. The lowest BCUT2D eigenvalue weighted by molar-refractivity contribution is 0.122. The van der Waals surface area contributed by atoms with E-state index in [1.807, 2.05) is 6.33 Å². The topological polar surface area (TPSA) is 123 Å². The SMILES string of the molecule is Nc1ncc(-c2nc(N3CCOCC3)nc3c2ncn3CCCN2CCNCC2)cn1. The summed E-state index contributed by atoms with van der Waals surface area (Å²) in [6.45, 7) is 9.15. The van der Waals surface area contributed by atoms with E-state index in [9.17, 15) is 0 Å². The van der Waals surface area contributed by atoms with E-state index in [1.54, 1.807) is 12.4 Å². The summed E-state index contributed by atoms with van der Waals surface area (Å²) in [4.78, 5) is 27.3. The van der Waals surface area contributed by atoms with Crippen molar-refractivity contribution in [2.45, 2.75) is 13.0 Å². The van der Waals surface area contributed by atoms with Crippen molar-refractivity contribution in [2.24, 2.45) is 0 Å². The predicted octanol–water partition coefficient (Wildman–Crippen LogP) is -0.00260. The fourth-order valence-electron chi connectivity index (χ4n) is 4.06. The highest BCUT2D eigenvalue weighted by atomic mass is 16.5. The molecule has 0 aromatic carbocycles. The van der Waals surface area contributed by atoms with Crippen LogP contribution in [-0.4, -0.2) is 93.4 Å². The van der Waals surface area contributed by atoms with Gasteiger partial charge in [-0.25, -0.2) is 19.9 Å². The second-order valence-electron chi connectivity index (χ2n) is 7.86. The van der Waals surface area contributed by atoms with Crippen LogP contribution in [0.1, 0.15) is 6.42 Å². The highest BCUT2D eigenvalue weighted by Crippen LogP contribution is 2.27. The van der Waals surface area contributed by atoms with Crippen LogP contribution in [0.25, 0.3) is 22.4 Å². The fraction of sp³-hybridized carbons (Fsp3) is 0.550. The summed E-state index contributed by atoms with van der Waals surface area (Å²) in [5.74, 6) is 0.923. The molecule has 0 aliphatic carbocycles. The number of imidazole rings is 1. The molecule has 11 nitrogen and oxygen atoms in total. The number of hydrogen-bond acceptors (Lipinski definition) is 10. The van der Waals surface area contributed by atoms with Crippen molar-refractivity contribution in [3.63, 3.8) is 0 Å². The van der Waals surface area contributed by atoms with Crippen LogP contribution in [0.15, 0.2) is 18.7 Å². The molecule has 3 aromatic heterocycles. The molecule has 5 rings (SSSR count). The molecule has 5 heterocycles. The van der Waals surface area contributed by atoms with Crippen molar-refractivity contribution in [1.29, 1.82) is 0 Å². The Morgan fingerprint density at radius 1 is 0.968 bits per heavy atom. The highest BCUT2D eigenvalue weighted by molar-refractivity contribution is 5.88. The average Bonchev–Trinajstić information content (AvgIpc) is 3.23. The van der Waals surface area contributed by atoms with Gasteiger partial charge >= 0.3 is 0 Å². The van der Waals surface area contributed by atoms with Crippen molar-refractivity contribution in [1.82, 2.24) is 39.7 Å². The number of piperazine rings is 1. The van der Waals surface area contributed by atoms with Gasteiger partial charge in [-0.05, 0) is 13.0 Å². The Morgan fingerprint density at radius 2 is 1.74 bits per heavy atom. The monoisotopic (exact) mass is 424 g/mol. The predicted molar refractivity (Wildman–Crippen MR) is 118 cm³/mol. The van der Waals surface area contributed by atoms with Gasteiger partial charge in [0.15, 0.2) is 5.65 Å². The van der Waals surface area contributed by atoms with E-state index in [0.29, 0.717) is 19.2 Å². The first-order valence-electron chi connectivity index (χ1n) is 10.8. The maximum atomic E-state index is 5.68. The molecular formula is C20H28N10O. The maximum absolute atomic E-state index is 5.68. The minimum atomic E-state index is 0.237. The van der Waals surface area contributed by atoms with E-state index in [2.05, 4.69) is 34.6 Å². The van der Waals surface area contributed by atoms with Gasteiger partial charge in [-0.15, -0.1) is 0 Å². The third-order valence-corrected chi connectivity index (χ3v) is 5.77. The zero-order chi connectivity index (χ0) is 21.0. The van der Waals surface area contributed by atoms with E-state index < -0.39 is 0 Å². The standard InChI is InChI=1S/C20H28N10O/c21-19-23-12-15(13-24-19)16-17-18(27-20(26-16)29-8-10-31-11-9-29)30(14-25-17)5-1-4-28-6-2-22-3-7-28/h12-14,22H,1-11H2,(H2,21,23,24). The van der Waals surface area contributed by atoms with Gasteiger partial charge in [0.05, 0.1) is 19.5 Å². The van der Waals surface area contributed by atoms with Gasteiger partial charge in [0.1, 0.15) is 11.2 Å². The molecule has 0 amide bonds. The minimum absolute atomic E-state index is 0.237. The van der Waals surface area contributed by atoms with Crippen LogP contribution >= 0.6 is 0 Å². The van der Waals surface area contributed by atoms with Crippen LogP contribution in [0.3, 0.4) is 0 Å². The quantitative estimate of drug-likeness (QED) is 0.559. The summed E-state index contributed by atoms with van der Waals surface area (Å²) in [6.07, 6.45) is 6.29. The number of nitrogens with two attached hydrogens (primary N) is 1. The Morgan fingerprint density at radius 3 is 2.52 bits per heavy atom. The number of anilines is 2. The number of nitrogens with zero attached hydrogens (tertiary/aromatic N) is 8. The molecule has 0 unspecified atom stereocenters. The molecule has 11 heteroatoms. The van der Waals surface area contributed by atoms with E-state index >= 15 is 0 Å². The average molecular weight is 425 g/mol. The van der Waals surface area contributed by atoms with Crippen molar-refractivity contribution < 1.29 is 4.74 Å². The van der Waals surface area contributed by atoms with E-state index in [1.165, 1.54) is 0 Å². The minimum Gasteiger partial charge on any atom is -0.378 e. The number of aromatic nitrogens is 6. The Labute approximate surface area is 180 Å². The molecule has 2 saturated heterocycles. The van der Waals surface area contributed by atoms with Crippen LogP contribution in [-0.2, 0) is 11.3 Å². The zero-order valence-electron chi connectivity index (χ0n) is 17.6. The molecule has 0 radical (unpaired) electrons. The molecule has 3 aromatic rings. The second kappa shape index (κ2) is 9.08. The van der Waals surface area contributed by atoms with Crippen molar-refractivity contribution in [3.05, 3.63) is 18.7 Å². The van der Waals surface area contributed by atoms with Gasteiger partial charge in [-0.1, -0.05) is 0 Å². The van der Waals surface area contributed by atoms with Crippen LogP contribution in [0, 0.1) is 0 Å². The normalized spacial score (nSPS) is 18.0. The summed E-state index contributed by atoms with van der Waals surface area (Å²) in [6, 6.07) is 0. The molecule has 164 valence electrons. The van der Waals surface area contributed by atoms with Gasteiger partial charge < -0.3 is 30.2 Å². The third-order valence-electron chi connectivity index (χ3n) is 5.77. The van der Waals surface area contributed by atoms with Crippen molar-refractivity contribution >= 4 is 23.1 Å². The number of hydrogen-bond donors (Lipinski definition) is 2. The smallest absolute Gasteiger partial charge is 0.228 e. The Kier molecular flexibility index (Phi) is 5.87. The zero-order valence-corrected chi connectivity index (χ0v) is 17.6. The van der Waals surface area contributed by atoms with Gasteiger partial charge in [0, 0.05) is 63.8 Å². The Balaban J connectivity index is 1.45. The number of fused-ring (bicyclic) bond motifs is 1. The van der Waals surface area contributed by atoms with E-state index in [4.69, 9.17) is 20.4 Å². The van der Waals surface area contributed by atoms with Crippen molar-refractivity contribution in [3.8, 4) is 11.3 Å². The molecule has 0 bridgehead atoms. The molecule has 0 spiro atoms. The lowest BCUT2D eigenvalue weighted by Crippen LogP contribution is -2.43. The number of aryl methyl sites for hydroxylation is 1. The second-order valence-corrected chi connectivity index (χ2v) is 7.86. The molecule has 2 aliphatic heterocycles. The molecule has 3 N–H and O–H groups in total. The first-order chi connectivity index (χ1) is 15.3. The first kappa shape index (κ1) is 20.0. The maximum Gasteiger partial charge on any atom is 0.228 e. The summed E-state index contributed by atoms with van der Waals surface area (Å²) < 4.78 is 7.63. The summed E-state index contributed by atoms with van der Waals surface area (Å²) in [5.41, 5.74) is 8.78. The van der Waals surface area contributed by atoms with E-state index in [-0.39, 0.29) is 5.95 Å². The van der Waals surface area contributed by atoms with Gasteiger partial charge in [0.25, 0.3) is 0 Å². The third kappa shape index (κ3) is 4.43. The van der Waals surface area contributed by atoms with Crippen LogP contribution in [0.4, 0.5) is 11.9 Å². The molecule has 2 fully saturated rings. The summed E-state index contributed by atoms with van der Waals surface area (Å²) in [5, 5.41) is 3.40. The van der Waals surface area contributed by atoms with E-state index in [0.717, 1.165) is 81.2 Å². The number of ether oxygens (including phenoxy) is 1. The van der Waals surface area contributed by atoms with Gasteiger partial charge in [-0.3, -0.25) is 0 Å². The fourth-order valence-corrected chi connectivity index (χ4v) is 4.06.